The predicted molar refractivity (Wildman–Crippen MR) is 144 cm³/mol. The first-order chi connectivity index (χ1) is 17.1. The molecule has 1 heterocycles. The molecule has 0 radical (unpaired) electrons. The van der Waals surface area contributed by atoms with Crippen LogP contribution in [0.5, 0.6) is 11.5 Å². The van der Waals surface area contributed by atoms with E-state index in [2.05, 4.69) is 39.7 Å². The number of aryl methyl sites for hydroxylation is 1. The van der Waals surface area contributed by atoms with Crippen molar-refractivity contribution in [3.8, 4) is 22.9 Å². The van der Waals surface area contributed by atoms with Gasteiger partial charge in [-0.05, 0) is 83.2 Å². The molecular formula is C29H35BrN2O3. The van der Waals surface area contributed by atoms with Crippen molar-refractivity contribution in [2.45, 2.75) is 71.6 Å². The topological polar surface area (TPSA) is 61.3 Å². The third-order valence-corrected chi connectivity index (χ3v) is 6.39. The van der Waals surface area contributed by atoms with E-state index in [0.717, 1.165) is 40.6 Å². The Hall–Kier alpha value is -2.73. The summed E-state index contributed by atoms with van der Waals surface area (Å²) in [5, 5.41) is 0. The molecule has 35 heavy (non-hydrogen) atoms. The van der Waals surface area contributed by atoms with Gasteiger partial charge in [-0.2, -0.15) is 0 Å². The van der Waals surface area contributed by atoms with Gasteiger partial charge in [-0.15, -0.1) is 0 Å². The summed E-state index contributed by atoms with van der Waals surface area (Å²) in [5.74, 6) is 1.44. The fraction of sp³-hybridized carbons (Fsp3) is 0.414. The lowest BCUT2D eigenvalue weighted by Crippen LogP contribution is -2.09. The van der Waals surface area contributed by atoms with Crippen LogP contribution >= 0.6 is 15.9 Å². The molecule has 0 bridgehead atoms. The Morgan fingerprint density at radius 2 is 1.54 bits per heavy atom. The Morgan fingerprint density at radius 3 is 2.23 bits per heavy atom. The summed E-state index contributed by atoms with van der Waals surface area (Å²) in [6.07, 6.45) is 14.3. The lowest BCUT2D eigenvalue weighted by atomic mass is 10.1. The third kappa shape index (κ3) is 8.77. The van der Waals surface area contributed by atoms with Crippen molar-refractivity contribution >= 4 is 21.9 Å². The van der Waals surface area contributed by atoms with Crippen molar-refractivity contribution in [3.63, 3.8) is 0 Å². The minimum atomic E-state index is -0.419. The Balaban J connectivity index is 1.52. The molecule has 6 heteroatoms. The van der Waals surface area contributed by atoms with E-state index in [0.29, 0.717) is 23.7 Å². The molecule has 3 rings (SSSR count). The number of unbranched alkanes of at least 4 members (excludes halogenated alkanes) is 6. The highest BCUT2D eigenvalue weighted by Gasteiger charge is 2.12. The van der Waals surface area contributed by atoms with Crippen LogP contribution in [0.15, 0.2) is 59.3 Å². The van der Waals surface area contributed by atoms with E-state index in [4.69, 9.17) is 9.47 Å². The minimum Gasteiger partial charge on any atom is -0.492 e. The normalized spacial score (nSPS) is 10.8. The first-order valence-electron chi connectivity index (χ1n) is 12.7. The Bertz CT molecular complexity index is 1050. The summed E-state index contributed by atoms with van der Waals surface area (Å²) < 4.78 is 12.1. The van der Waals surface area contributed by atoms with Gasteiger partial charge in [0.2, 0.25) is 0 Å². The highest BCUT2D eigenvalue weighted by atomic mass is 79.9. The van der Waals surface area contributed by atoms with Crippen LogP contribution in [-0.4, -0.2) is 22.5 Å². The van der Waals surface area contributed by atoms with E-state index in [1.54, 1.807) is 30.3 Å². The maximum absolute atomic E-state index is 12.6. The Morgan fingerprint density at radius 1 is 0.857 bits per heavy atom. The molecule has 2 aromatic carbocycles. The molecular weight excluding hydrogens is 504 g/mol. The van der Waals surface area contributed by atoms with Gasteiger partial charge in [-0.1, -0.05) is 52.4 Å². The quantitative estimate of drug-likeness (QED) is 0.117. The van der Waals surface area contributed by atoms with Gasteiger partial charge in [0.15, 0.2) is 5.82 Å². The number of halogens is 1. The summed E-state index contributed by atoms with van der Waals surface area (Å²) in [6, 6.07) is 12.5. The third-order valence-electron chi connectivity index (χ3n) is 5.77. The van der Waals surface area contributed by atoms with E-state index in [1.807, 2.05) is 24.5 Å². The summed E-state index contributed by atoms with van der Waals surface area (Å²) >= 11 is 3.51. The molecule has 0 aliphatic carbocycles. The number of carbonyl (C=O) groups excluding carboxylic acids is 1. The molecule has 0 unspecified atom stereocenters. The monoisotopic (exact) mass is 538 g/mol. The van der Waals surface area contributed by atoms with Crippen molar-refractivity contribution in [2.24, 2.45) is 0 Å². The number of esters is 1. The average Bonchev–Trinajstić information content (AvgIpc) is 2.88. The molecule has 0 fully saturated rings. The van der Waals surface area contributed by atoms with Crippen molar-refractivity contribution in [1.29, 1.82) is 0 Å². The van der Waals surface area contributed by atoms with Crippen molar-refractivity contribution in [2.75, 3.05) is 6.61 Å². The molecule has 0 N–H and O–H groups in total. The zero-order valence-electron chi connectivity index (χ0n) is 20.8. The number of hydrogen-bond donors (Lipinski definition) is 0. The molecule has 0 spiro atoms. The van der Waals surface area contributed by atoms with Crippen molar-refractivity contribution in [1.82, 2.24) is 9.97 Å². The van der Waals surface area contributed by atoms with Crippen LogP contribution in [0, 0.1) is 0 Å². The van der Waals surface area contributed by atoms with Gasteiger partial charge in [-0.25, -0.2) is 14.8 Å². The molecule has 0 saturated heterocycles. The zero-order valence-corrected chi connectivity index (χ0v) is 22.4. The number of ether oxygens (including phenoxy) is 2. The highest BCUT2D eigenvalue weighted by molar-refractivity contribution is 9.10. The van der Waals surface area contributed by atoms with Gasteiger partial charge in [-0.3, -0.25) is 0 Å². The molecule has 0 aliphatic rings. The second-order valence-corrected chi connectivity index (χ2v) is 9.55. The van der Waals surface area contributed by atoms with Crippen LogP contribution < -0.4 is 9.47 Å². The van der Waals surface area contributed by atoms with Crippen LogP contribution in [0.4, 0.5) is 0 Å². The maximum atomic E-state index is 12.6. The van der Waals surface area contributed by atoms with E-state index in [9.17, 15) is 4.79 Å². The van der Waals surface area contributed by atoms with Crippen molar-refractivity contribution < 1.29 is 14.3 Å². The summed E-state index contributed by atoms with van der Waals surface area (Å²) in [4.78, 5) is 21.6. The molecule has 3 aromatic rings. The van der Waals surface area contributed by atoms with Crippen LogP contribution in [-0.2, 0) is 6.42 Å². The number of benzene rings is 2. The number of rotatable bonds is 14. The molecule has 0 aliphatic heterocycles. The van der Waals surface area contributed by atoms with E-state index < -0.39 is 5.97 Å². The first kappa shape index (κ1) is 26.9. The largest absolute Gasteiger partial charge is 0.492 e. The summed E-state index contributed by atoms with van der Waals surface area (Å²) in [6.45, 7) is 5.07. The molecule has 0 atom stereocenters. The lowest BCUT2D eigenvalue weighted by Gasteiger charge is -2.10. The molecule has 0 amide bonds. The van der Waals surface area contributed by atoms with E-state index in [1.165, 1.54) is 38.5 Å². The van der Waals surface area contributed by atoms with E-state index in [-0.39, 0.29) is 0 Å². The van der Waals surface area contributed by atoms with Gasteiger partial charge in [0.05, 0.1) is 16.6 Å². The van der Waals surface area contributed by atoms with Gasteiger partial charge in [0.1, 0.15) is 11.5 Å². The van der Waals surface area contributed by atoms with Gasteiger partial charge in [0.25, 0.3) is 0 Å². The second kappa shape index (κ2) is 14.6. The van der Waals surface area contributed by atoms with Gasteiger partial charge < -0.3 is 9.47 Å². The van der Waals surface area contributed by atoms with Gasteiger partial charge >= 0.3 is 5.97 Å². The van der Waals surface area contributed by atoms with Crippen LogP contribution in [0.1, 0.15) is 81.1 Å². The zero-order chi connectivity index (χ0) is 24.9. The highest BCUT2D eigenvalue weighted by Crippen LogP contribution is 2.27. The number of aromatic nitrogens is 2. The van der Waals surface area contributed by atoms with Crippen LogP contribution in [0.25, 0.3) is 11.4 Å². The molecule has 5 nitrogen and oxygen atoms in total. The fourth-order valence-electron chi connectivity index (χ4n) is 3.68. The van der Waals surface area contributed by atoms with Gasteiger partial charge in [0, 0.05) is 18.0 Å². The van der Waals surface area contributed by atoms with Crippen LogP contribution in [0.3, 0.4) is 0 Å². The first-order valence-corrected chi connectivity index (χ1v) is 13.5. The fourth-order valence-corrected chi connectivity index (χ4v) is 4.18. The Labute approximate surface area is 217 Å². The Kier molecular flexibility index (Phi) is 11.2. The number of nitrogens with zero attached hydrogens (tertiary/aromatic N) is 2. The summed E-state index contributed by atoms with van der Waals surface area (Å²) in [5.41, 5.74) is 2.49. The number of carbonyl (C=O) groups is 1. The summed E-state index contributed by atoms with van der Waals surface area (Å²) in [7, 11) is 0. The molecule has 1 aromatic heterocycles. The maximum Gasteiger partial charge on any atom is 0.343 e. The van der Waals surface area contributed by atoms with Crippen molar-refractivity contribution in [3.05, 3.63) is 70.5 Å². The SMILES string of the molecule is CCCCCCCOc1ccc(C(=O)Oc2ccc(-c3ncc(CCCCC)cn3)cc2)cc1Br. The predicted octanol–water partition coefficient (Wildman–Crippen LogP) is 8.21. The molecule has 0 saturated carbocycles. The second-order valence-electron chi connectivity index (χ2n) is 8.69. The molecule has 186 valence electrons. The number of hydrogen-bond acceptors (Lipinski definition) is 5. The average molecular weight is 540 g/mol. The smallest absolute Gasteiger partial charge is 0.343 e. The standard InChI is InChI=1S/C29H35BrN2O3/c1-3-5-7-8-10-18-34-27-17-14-24(19-26(27)30)29(33)35-25-15-12-23(13-16-25)28-31-20-22(21-32-28)11-9-6-4-2/h12-17,19-21H,3-11,18H2,1-2H3. The van der Waals surface area contributed by atoms with Crippen LogP contribution in [0.2, 0.25) is 0 Å². The van der Waals surface area contributed by atoms with E-state index >= 15 is 0 Å². The minimum absolute atomic E-state index is 0.419. The lowest BCUT2D eigenvalue weighted by molar-refractivity contribution is 0.0734.